The van der Waals surface area contributed by atoms with E-state index in [1.54, 1.807) is 6.20 Å². The minimum absolute atomic E-state index is 0.775. The molecule has 5 heteroatoms. The Morgan fingerprint density at radius 1 is 1.00 bits per heavy atom. The standard InChI is InChI=1S/C21H29N5/c1-16-5-7-19(8-6-16)25-10-12-26(13-11-25)20-14-17(2)23-21(24-20)18-4-3-9-22-15-18/h3-4,9,14-16,19H,5-8,10-13H2,1-2H3. The highest BCUT2D eigenvalue weighted by Gasteiger charge is 2.27. The van der Waals surface area contributed by atoms with Crippen LogP contribution in [-0.2, 0) is 0 Å². The highest BCUT2D eigenvalue weighted by Crippen LogP contribution is 2.28. The first kappa shape index (κ1) is 17.4. The van der Waals surface area contributed by atoms with Gasteiger partial charge < -0.3 is 4.90 Å². The number of pyridine rings is 1. The zero-order valence-electron chi connectivity index (χ0n) is 15.9. The molecule has 0 amide bonds. The molecule has 1 saturated heterocycles. The van der Waals surface area contributed by atoms with Crippen LogP contribution in [0.15, 0.2) is 30.6 Å². The monoisotopic (exact) mass is 351 g/mol. The summed E-state index contributed by atoms with van der Waals surface area (Å²) in [5, 5.41) is 0. The van der Waals surface area contributed by atoms with Crippen LogP contribution in [0.2, 0.25) is 0 Å². The molecule has 1 aliphatic carbocycles. The Balaban J connectivity index is 1.44. The third-order valence-corrected chi connectivity index (χ3v) is 5.90. The number of anilines is 1. The molecule has 2 aromatic heterocycles. The molecule has 4 rings (SSSR count). The van der Waals surface area contributed by atoms with Crippen LogP contribution in [0.1, 0.15) is 38.3 Å². The molecule has 0 N–H and O–H groups in total. The Morgan fingerprint density at radius 2 is 1.77 bits per heavy atom. The molecule has 1 saturated carbocycles. The maximum atomic E-state index is 4.83. The lowest BCUT2D eigenvalue weighted by Crippen LogP contribution is -2.51. The number of rotatable bonds is 3. The molecule has 0 aromatic carbocycles. The quantitative estimate of drug-likeness (QED) is 0.846. The lowest BCUT2D eigenvalue weighted by Gasteiger charge is -2.42. The molecule has 2 aromatic rings. The van der Waals surface area contributed by atoms with Crippen LogP contribution in [0.5, 0.6) is 0 Å². The Kier molecular flexibility index (Phi) is 5.16. The minimum Gasteiger partial charge on any atom is -0.354 e. The van der Waals surface area contributed by atoms with Crippen molar-refractivity contribution >= 4 is 5.82 Å². The van der Waals surface area contributed by atoms with Gasteiger partial charge in [-0.1, -0.05) is 6.92 Å². The van der Waals surface area contributed by atoms with Gasteiger partial charge in [0.25, 0.3) is 0 Å². The number of hydrogen-bond acceptors (Lipinski definition) is 5. The van der Waals surface area contributed by atoms with E-state index in [9.17, 15) is 0 Å². The molecule has 138 valence electrons. The van der Waals surface area contributed by atoms with Crippen molar-refractivity contribution in [3.8, 4) is 11.4 Å². The summed E-state index contributed by atoms with van der Waals surface area (Å²) < 4.78 is 0. The van der Waals surface area contributed by atoms with Crippen molar-refractivity contribution < 1.29 is 0 Å². The number of piperazine rings is 1. The predicted molar refractivity (Wildman–Crippen MR) is 105 cm³/mol. The lowest BCUT2D eigenvalue weighted by molar-refractivity contribution is 0.132. The van der Waals surface area contributed by atoms with E-state index in [0.29, 0.717) is 0 Å². The van der Waals surface area contributed by atoms with Crippen LogP contribution in [0.25, 0.3) is 11.4 Å². The van der Waals surface area contributed by atoms with Crippen molar-refractivity contribution in [2.45, 2.75) is 45.6 Å². The summed E-state index contributed by atoms with van der Waals surface area (Å²) in [5.41, 5.74) is 1.99. The number of hydrogen-bond donors (Lipinski definition) is 0. The van der Waals surface area contributed by atoms with E-state index in [-0.39, 0.29) is 0 Å². The predicted octanol–water partition coefficient (Wildman–Crippen LogP) is 3.55. The fourth-order valence-corrected chi connectivity index (χ4v) is 4.26. The number of nitrogens with zero attached hydrogens (tertiary/aromatic N) is 5. The topological polar surface area (TPSA) is 45.2 Å². The van der Waals surface area contributed by atoms with Crippen molar-refractivity contribution in [3.63, 3.8) is 0 Å². The molecule has 0 radical (unpaired) electrons. The Bertz CT molecular complexity index is 716. The molecular weight excluding hydrogens is 322 g/mol. The van der Waals surface area contributed by atoms with Gasteiger partial charge in [0.1, 0.15) is 5.82 Å². The second kappa shape index (κ2) is 7.70. The van der Waals surface area contributed by atoms with Gasteiger partial charge in [-0.2, -0.15) is 0 Å². The van der Waals surface area contributed by atoms with E-state index >= 15 is 0 Å². The third-order valence-electron chi connectivity index (χ3n) is 5.90. The molecule has 0 unspecified atom stereocenters. The van der Waals surface area contributed by atoms with E-state index < -0.39 is 0 Å². The smallest absolute Gasteiger partial charge is 0.163 e. The Morgan fingerprint density at radius 3 is 2.46 bits per heavy atom. The second-order valence-electron chi connectivity index (χ2n) is 7.87. The van der Waals surface area contributed by atoms with Gasteiger partial charge in [-0.15, -0.1) is 0 Å². The van der Waals surface area contributed by atoms with Crippen molar-refractivity contribution in [3.05, 3.63) is 36.3 Å². The maximum Gasteiger partial charge on any atom is 0.163 e. The molecule has 3 heterocycles. The van der Waals surface area contributed by atoms with Crippen molar-refractivity contribution in [1.82, 2.24) is 19.9 Å². The van der Waals surface area contributed by atoms with Crippen LogP contribution in [-0.4, -0.2) is 52.1 Å². The molecule has 0 spiro atoms. The zero-order valence-corrected chi connectivity index (χ0v) is 15.9. The molecular formula is C21H29N5. The summed E-state index contributed by atoms with van der Waals surface area (Å²) in [6.07, 6.45) is 9.15. The normalized spacial score (nSPS) is 24.6. The van der Waals surface area contributed by atoms with E-state index in [4.69, 9.17) is 4.98 Å². The van der Waals surface area contributed by atoms with Crippen LogP contribution in [0.3, 0.4) is 0 Å². The van der Waals surface area contributed by atoms with Gasteiger partial charge >= 0.3 is 0 Å². The van der Waals surface area contributed by atoms with E-state index in [2.05, 4.69) is 32.8 Å². The highest BCUT2D eigenvalue weighted by atomic mass is 15.3. The van der Waals surface area contributed by atoms with Crippen LogP contribution in [0.4, 0.5) is 5.82 Å². The van der Waals surface area contributed by atoms with Gasteiger partial charge in [0.15, 0.2) is 5.82 Å². The molecule has 26 heavy (non-hydrogen) atoms. The largest absolute Gasteiger partial charge is 0.354 e. The summed E-state index contributed by atoms with van der Waals surface area (Å²) in [5.74, 6) is 2.74. The van der Waals surface area contributed by atoms with Gasteiger partial charge in [-0.25, -0.2) is 9.97 Å². The maximum absolute atomic E-state index is 4.83. The van der Waals surface area contributed by atoms with Crippen LogP contribution >= 0.6 is 0 Å². The molecule has 0 atom stereocenters. The van der Waals surface area contributed by atoms with Crippen molar-refractivity contribution in [2.75, 3.05) is 31.1 Å². The van der Waals surface area contributed by atoms with Gasteiger partial charge in [0, 0.05) is 61.9 Å². The third kappa shape index (κ3) is 3.88. The summed E-state index contributed by atoms with van der Waals surface area (Å²) in [7, 11) is 0. The second-order valence-corrected chi connectivity index (χ2v) is 7.87. The van der Waals surface area contributed by atoms with E-state index in [1.807, 2.05) is 25.3 Å². The summed E-state index contributed by atoms with van der Waals surface area (Å²) in [6, 6.07) is 6.86. The first-order valence-corrected chi connectivity index (χ1v) is 9.94. The van der Waals surface area contributed by atoms with E-state index in [1.165, 1.54) is 25.7 Å². The van der Waals surface area contributed by atoms with Gasteiger partial charge in [0.05, 0.1) is 0 Å². The summed E-state index contributed by atoms with van der Waals surface area (Å²) in [6.45, 7) is 8.83. The SMILES string of the molecule is Cc1cc(N2CCN(C3CCC(C)CC3)CC2)nc(-c2cccnc2)n1. The lowest BCUT2D eigenvalue weighted by atomic mass is 9.86. The summed E-state index contributed by atoms with van der Waals surface area (Å²) in [4.78, 5) is 18.8. The number of aromatic nitrogens is 3. The highest BCUT2D eigenvalue weighted by molar-refractivity contribution is 5.56. The molecule has 5 nitrogen and oxygen atoms in total. The zero-order chi connectivity index (χ0) is 17.9. The van der Waals surface area contributed by atoms with Crippen molar-refractivity contribution in [2.24, 2.45) is 5.92 Å². The van der Waals surface area contributed by atoms with Gasteiger partial charge in [0.2, 0.25) is 0 Å². The average Bonchev–Trinajstić information content (AvgIpc) is 2.69. The van der Waals surface area contributed by atoms with Gasteiger partial charge in [-0.3, -0.25) is 9.88 Å². The fourth-order valence-electron chi connectivity index (χ4n) is 4.26. The van der Waals surface area contributed by atoms with Gasteiger partial charge in [-0.05, 0) is 50.7 Å². The Labute approximate surface area is 156 Å². The number of aryl methyl sites for hydroxylation is 1. The first-order valence-electron chi connectivity index (χ1n) is 9.94. The van der Waals surface area contributed by atoms with Crippen molar-refractivity contribution in [1.29, 1.82) is 0 Å². The average molecular weight is 351 g/mol. The molecule has 1 aliphatic heterocycles. The van der Waals surface area contributed by atoms with E-state index in [0.717, 1.165) is 61.0 Å². The molecule has 2 fully saturated rings. The van der Waals surface area contributed by atoms with Crippen LogP contribution < -0.4 is 4.90 Å². The van der Waals surface area contributed by atoms with Crippen LogP contribution in [0, 0.1) is 12.8 Å². The minimum atomic E-state index is 0.775. The molecule has 2 aliphatic rings. The Hall–Kier alpha value is -2.01. The summed E-state index contributed by atoms with van der Waals surface area (Å²) >= 11 is 0. The molecule has 0 bridgehead atoms. The first-order chi connectivity index (χ1) is 12.7. The fraction of sp³-hybridized carbons (Fsp3) is 0.571.